The highest BCUT2D eigenvalue weighted by molar-refractivity contribution is 5.98. The van der Waals surface area contributed by atoms with Gasteiger partial charge in [-0.2, -0.15) is 5.26 Å². The van der Waals surface area contributed by atoms with Crippen LogP contribution in [-0.2, 0) is 9.59 Å². The number of rotatable bonds is 4. The Kier molecular flexibility index (Phi) is 5.09. The molecule has 1 atom stereocenters. The fourth-order valence-electron chi connectivity index (χ4n) is 1.85. The molecule has 0 aliphatic carbocycles. The van der Waals surface area contributed by atoms with E-state index in [4.69, 9.17) is 5.11 Å². The number of anilines is 1. The van der Waals surface area contributed by atoms with Gasteiger partial charge in [-0.05, 0) is 12.1 Å². The molecule has 0 radical (unpaired) electrons. The average molecular weight is 288 g/mol. The van der Waals surface area contributed by atoms with E-state index in [1.807, 2.05) is 6.07 Å². The van der Waals surface area contributed by atoms with E-state index < -0.39 is 17.3 Å². The number of carboxylic acid groups (broad SMARTS) is 1. The molecule has 0 aromatic heterocycles. The molecular weight excluding hydrogens is 268 g/mol. The number of benzene rings is 1. The molecule has 0 spiro atoms. The molecule has 21 heavy (non-hydrogen) atoms. The van der Waals surface area contributed by atoms with Crippen LogP contribution in [0.3, 0.4) is 0 Å². The first-order chi connectivity index (χ1) is 9.68. The highest BCUT2D eigenvalue weighted by Crippen LogP contribution is 2.27. The first-order valence-corrected chi connectivity index (χ1v) is 6.72. The first kappa shape index (κ1) is 16.7. The zero-order valence-corrected chi connectivity index (χ0v) is 12.8. The zero-order valence-electron chi connectivity index (χ0n) is 12.8. The molecule has 0 aliphatic rings. The van der Waals surface area contributed by atoms with E-state index in [2.05, 4.69) is 0 Å². The summed E-state index contributed by atoms with van der Waals surface area (Å²) in [6.45, 7) is 6.87. The molecule has 0 heterocycles. The predicted molar refractivity (Wildman–Crippen MR) is 79.8 cm³/mol. The summed E-state index contributed by atoms with van der Waals surface area (Å²) in [4.78, 5) is 25.1. The maximum atomic E-state index is 12.6. The van der Waals surface area contributed by atoms with Crippen molar-refractivity contribution in [1.29, 1.82) is 5.26 Å². The largest absolute Gasteiger partial charge is 0.481 e. The maximum absolute atomic E-state index is 12.6. The highest BCUT2D eigenvalue weighted by atomic mass is 16.4. The fraction of sp³-hybridized carbons (Fsp3) is 0.438. The molecule has 0 aliphatic heterocycles. The van der Waals surface area contributed by atoms with E-state index in [0.29, 0.717) is 11.3 Å². The summed E-state index contributed by atoms with van der Waals surface area (Å²) >= 11 is 0. The van der Waals surface area contributed by atoms with Crippen LogP contribution in [0.4, 0.5) is 5.69 Å². The number of carbonyl (C=O) groups excluding carboxylic acids is 1. The lowest BCUT2D eigenvalue weighted by Crippen LogP contribution is -2.43. The average Bonchev–Trinajstić information content (AvgIpc) is 2.42. The lowest BCUT2D eigenvalue weighted by Gasteiger charge is -2.31. The normalized spacial score (nSPS) is 12.3. The minimum atomic E-state index is -0.976. The van der Waals surface area contributed by atoms with Crippen molar-refractivity contribution >= 4 is 17.6 Å². The quantitative estimate of drug-likeness (QED) is 0.923. The Balaban J connectivity index is 3.29. The third-order valence-corrected chi connectivity index (χ3v) is 3.08. The molecule has 112 valence electrons. The molecule has 0 saturated carbocycles. The van der Waals surface area contributed by atoms with Crippen molar-refractivity contribution in [3.05, 3.63) is 29.8 Å². The standard InChI is InChI=1S/C16H20N2O3/c1-11(14(19)20)10-18(15(21)16(2,3)4)13-8-6-5-7-12(13)9-17/h5-8,11H,10H2,1-4H3,(H,19,20). The monoisotopic (exact) mass is 288 g/mol. The van der Waals surface area contributed by atoms with Crippen LogP contribution in [0.5, 0.6) is 0 Å². The summed E-state index contributed by atoms with van der Waals surface area (Å²) in [5.74, 6) is -1.91. The Hall–Kier alpha value is -2.35. The summed E-state index contributed by atoms with van der Waals surface area (Å²) in [5.41, 5.74) is 0.140. The van der Waals surface area contributed by atoms with Crippen LogP contribution in [0.2, 0.25) is 0 Å². The molecule has 1 aromatic carbocycles. The SMILES string of the molecule is CC(CN(C(=O)C(C)(C)C)c1ccccc1C#N)C(=O)O. The van der Waals surface area contributed by atoms with Gasteiger partial charge in [0.25, 0.3) is 0 Å². The summed E-state index contributed by atoms with van der Waals surface area (Å²) < 4.78 is 0. The van der Waals surface area contributed by atoms with Crippen molar-refractivity contribution < 1.29 is 14.7 Å². The van der Waals surface area contributed by atoms with Gasteiger partial charge in [-0.1, -0.05) is 39.8 Å². The second kappa shape index (κ2) is 6.40. The summed E-state index contributed by atoms with van der Waals surface area (Å²) in [6.07, 6.45) is 0. The smallest absolute Gasteiger partial charge is 0.308 e. The first-order valence-electron chi connectivity index (χ1n) is 6.72. The van der Waals surface area contributed by atoms with Crippen LogP contribution in [0.15, 0.2) is 24.3 Å². The number of para-hydroxylation sites is 1. The number of amides is 1. The third-order valence-electron chi connectivity index (χ3n) is 3.08. The van der Waals surface area contributed by atoms with E-state index >= 15 is 0 Å². The highest BCUT2D eigenvalue weighted by Gasteiger charge is 2.31. The third kappa shape index (κ3) is 4.06. The topological polar surface area (TPSA) is 81.4 Å². The zero-order chi connectivity index (χ0) is 16.2. The van der Waals surface area contributed by atoms with E-state index in [0.717, 1.165) is 0 Å². The van der Waals surface area contributed by atoms with Gasteiger partial charge in [0.05, 0.1) is 17.2 Å². The Labute approximate surface area is 124 Å². The molecule has 1 aromatic rings. The number of carboxylic acids is 1. The van der Waals surface area contributed by atoms with Gasteiger partial charge in [0, 0.05) is 12.0 Å². The molecule has 1 N–H and O–H groups in total. The Morgan fingerprint density at radius 1 is 1.33 bits per heavy atom. The minimum absolute atomic E-state index is 0.0319. The number of carbonyl (C=O) groups is 2. The van der Waals surface area contributed by atoms with Crippen molar-refractivity contribution in [2.75, 3.05) is 11.4 Å². The molecule has 0 saturated heterocycles. The van der Waals surface area contributed by atoms with Crippen LogP contribution >= 0.6 is 0 Å². The van der Waals surface area contributed by atoms with Crippen LogP contribution < -0.4 is 4.90 Å². The van der Waals surface area contributed by atoms with Crippen molar-refractivity contribution in [1.82, 2.24) is 0 Å². The van der Waals surface area contributed by atoms with Crippen molar-refractivity contribution in [3.8, 4) is 6.07 Å². The number of nitriles is 1. The second-order valence-corrected chi connectivity index (χ2v) is 6.03. The van der Waals surface area contributed by atoms with Crippen molar-refractivity contribution in [3.63, 3.8) is 0 Å². The van der Waals surface area contributed by atoms with Gasteiger partial charge in [0.2, 0.25) is 5.91 Å². The maximum Gasteiger partial charge on any atom is 0.308 e. The van der Waals surface area contributed by atoms with Gasteiger partial charge in [0.15, 0.2) is 0 Å². The molecule has 1 unspecified atom stereocenters. The van der Waals surface area contributed by atoms with Gasteiger partial charge in [-0.3, -0.25) is 9.59 Å². The van der Waals surface area contributed by atoms with Gasteiger partial charge in [0.1, 0.15) is 6.07 Å². The molecule has 5 heteroatoms. The summed E-state index contributed by atoms with van der Waals surface area (Å²) in [6, 6.07) is 8.76. The Morgan fingerprint density at radius 2 is 1.90 bits per heavy atom. The molecule has 1 rings (SSSR count). The fourth-order valence-corrected chi connectivity index (χ4v) is 1.85. The van der Waals surface area contributed by atoms with Gasteiger partial charge >= 0.3 is 5.97 Å². The summed E-state index contributed by atoms with van der Waals surface area (Å²) in [5, 5.41) is 18.3. The lowest BCUT2D eigenvalue weighted by molar-refractivity contribution is -0.140. The lowest BCUT2D eigenvalue weighted by atomic mass is 9.93. The van der Waals surface area contributed by atoms with Crippen LogP contribution in [0.1, 0.15) is 33.3 Å². The van der Waals surface area contributed by atoms with Gasteiger partial charge in [-0.15, -0.1) is 0 Å². The number of aliphatic carboxylic acids is 1. The van der Waals surface area contributed by atoms with Crippen LogP contribution in [0, 0.1) is 22.7 Å². The van der Waals surface area contributed by atoms with E-state index in [-0.39, 0.29) is 12.5 Å². The van der Waals surface area contributed by atoms with Crippen molar-refractivity contribution in [2.45, 2.75) is 27.7 Å². The van der Waals surface area contributed by atoms with E-state index in [1.54, 1.807) is 52.0 Å². The molecule has 1 amide bonds. The van der Waals surface area contributed by atoms with Crippen molar-refractivity contribution in [2.24, 2.45) is 11.3 Å². The number of nitrogens with zero attached hydrogens (tertiary/aromatic N) is 2. The number of hydrogen-bond donors (Lipinski definition) is 1. The Morgan fingerprint density at radius 3 is 2.38 bits per heavy atom. The molecule has 0 fully saturated rings. The van der Waals surface area contributed by atoms with E-state index in [9.17, 15) is 14.9 Å². The molecule has 5 nitrogen and oxygen atoms in total. The molecular formula is C16H20N2O3. The second-order valence-electron chi connectivity index (χ2n) is 6.03. The van der Waals surface area contributed by atoms with Gasteiger partial charge in [-0.25, -0.2) is 0 Å². The van der Waals surface area contributed by atoms with Gasteiger partial charge < -0.3 is 10.0 Å². The minimum Gasteiger partial charge on any atom is -0.481 e. The van der Waals surface area contributed by atoms with Crippen LogP contribution in [-0.4, -0.2) is 23.5 Å². The molecule has 0 bridgehead atoms. The Bertz CT molecular complexity index is 582. The van der Waals surface area contributed by atoms with E-state index in [1.165, 1.54) is 4.90 Å². The number of hydrogen-bond acceptors (Lipinski definition) is 3. The predicted octanol–water partition coefficient (Wildman–Crippen LogP) is 2.66. The summed E-state index contributed by atoms with van der Waals surface area (Å²) in [7, 11) is 0. The van der Waals surface area contributed by atoms with Crippen LogP contribution in [0.25, 0.3) is 0 Å².